The standard InChI is InChI=1S/C11H8F7NO4S/c12-9(13)10(14,15)4-24(22,23)19-7-2-5(8(20)21)1-6(3-7)11(16,17)18/h1-3,9,19H,4H2,(H,20,21). The molecule has 0 spiro atoms. The van der Waals surface area contributed by atoms with E-state index in [-0.39, 0.29) is 12.1 Å². The van der Waals surface area contributed by atoms with Gasteiger partial charge in [0.1, 0.15) is 5.75 Å². The second kappa shape index (κ2) is 6.45. The quantitative estimate of drug-likeness (QED) is 0.740. The van der Waals surface area contributed by atoms with Crippen LogP contribution in [0.25, 0.3) is 0 Å². The number of carbonyl (C=O) groups is 1. The number of aromatic carboxylic acids is 1. The molecule has 0 aliphatic rings. The number of hydrogen-bond donors (Lipinski definition) is 2. The molecule has 0 radical (unpaired) electrons. The topological polar surface area (TPSA) is 83.5 Å². The number of anilines is 1. The van der Waals surface area contributed by atoms with Crippen LogP contribution in [-0.2, 0) is 16.2 Å². The van der Waals surface area contributed by atoms with E-state index in [4.69, 9.17) is 5.11 Å². The molecule has 0 aromatic heterocycles. The fourth-order valence-electron chi connectivity index (χ4n) is 1.51. The van der Waals surface area contributed by atoms with Crippen LogP contribution in [-0.4, -0.2) is 37.6 Å². The lowest BCUT2D eigenvalue weighted by Crippen LogP contribution is -2.37. The molecule has 13 heteroatoms. The van der Waals surface area contributed by atoms with Crippen LogP contribution in [0.1, 0.15) is 15.9 Å². The van der Waals surface area contributed by atoms with Crippen molar-refractivity contribution in [3.8, 4) is 0 Å². The third kappa shape index (κ3) is 5.25. The van der Waals surface area contributed by atoms with Crippen molar-refractivity contribution in [2.24, 2.45) is 0 Å². The highest BCUT2D eigenvalue weighted by atomic mass is 32.2. The Labute approximate surface area is 130 Å². The average molecular weight is 383 g/mol. The summed E-state index contributed by atoms with van der Waals surface area (Å²) in [5.74, 6) is -9.18. The molecule has 0 bridgehead atoms. The number of sulfonamides is 1. The van der Waals surface area contributed by atoms with Crippen LogP contribution in [0.4, 0.5) is 36.4 Å². The second-order valence-corrected chi connectivity index (χ2v) is 6.25. The zero-order valence-electron chi connectivity index (χ0n) is 11.2. The highest BCUT2D eigenvalue weighted by Gasteiger charge is 2.45. The normalized spacial score (nSPS) is 13.2. The monoisotopic (exact) mass is 383 g/mol. The van der Waals surface area contributed by atoms with Gasteiger partial charge in [-0.1, -0.05) is 0 Å². The predicted octanol–water partition coefficient (Wildman–Crippen LogP) is 3.05. The molecule has 24 heavy (non-hydrogen) atoms. The Morgan fingerprint density at radius 3 is 2.08 bits per heavy atom. The number of halogens is 7. The molecule has 0 heterocycles. The molecule has 0 unspecified atom stereocenters. The molecule has 136 valence electrons. The van der Waals surface area contributed by atoms with Crippen molar-refractivity contribution in [2.45, 2.75) is 18.5 Å². The number of rotatable bonds is 6. The van der Waals surface area contributed by atoms with E-state index in [0.717, 1.165) is 0 Å². The Morgan fingerprint density at radius 1 is 1.12 bits per heavy atom. The van der Waals surface area contributed by atoms with Gasteiger partial charge in [0.25, 0.3) is 0 Å². The van der Waals surface area contributed by atoms with Gasteiger partial charge in [0, 0.05) is 5.69 Å². The van der Waals surface area contributed by atoms with Crippen LogP contribution in [0.3, 0.4) is 0 Å². The molecule has 0 fully saturated rings. The lowest BCUT2D eigenvalue weighted by Gasteiger charge is -2.17. The van der Waals surface area contributed by atoms with E-state index in [1.165, 1.54) is 4.72 Å². The average Bonchev–Trinajstić information content (AvgIpc) is 2.34. The van der Waals surface area contributed by atoms with Gasteiger partial charge in [0.05, 0.1) is 11.1 Å². The third-order valence-corrected chi connectivity index (χ3v) is 3.79. The van der Waals surface area contributed by atoms with E-state index in [9.17, 15) is 43.9 Å². The number of hydrogen-bond acceptors (Lipinski definition) is 3. The third-order valence-electron chi connectivity index (χ3n) is 2.48. The molecule has 0 saturated heterocycles. The van der Waals surface area contributed by atoms with E-state index in [1.807, 2.05) is 0 Å². The van der Waals surface area contributed by atoms with Crippen molar-refractivity contribution < 1.29 is 49.1 Å². The van der Waals surface area contributed by atoms with E-state index >= 15 is 0 Å². The smallest absolute Gasteiger partial charge is 0.416 e. The maximum Gasteiger partial charge on any atom is 0.416 e. The SMILES string of the molecule is O=C(O)c1cc(NS(=O)(=O)CC(F)(F)C(F)F)cc(C(F)(F)F)c1. The van der Waals surface area contributed by atoms with Gasteiger partial charge in [-0.2, -0.15) is 22.0 Å². The molecule has 0 aliphatic heterocycles. The second-order valence-electron chi connectivity index (χ2n) is 4.52. The summed E-state index contributed by atoms with van der Waals surface area (Å²) in [5, 5.41) is 8.69. The summed E-state index contributed by atoms with van der Waals surface area (Å²) in [7, 11) is -5.18. The molecule has 1 rings (SSSR count). The molecule has 5 nitrogen and oxygen atoms in total. The van der Waals surface area contributed by atoms with Crippen LogP contribution >= 0.6 is 0 Å². The summed E-state index contributed by atoms with van der Waals surface area (Å²) in [6.07, 6.45) is -9.37. The molecule has 2 N–H and O–H groups in total. The summed E-state index contributed by atoms with van der Waals surface area (Å²) in [6.45, 7) is 0. The van der Waals surface area contributed by atoms with E-state index < -0.39 is 57.1 Å². The minimum absolute atomic E-state index is 0.143. The molecule has 1 aromatic rings. The van der Waals surface area contributed by atoms with Gasteiger partial charge in [-0.25, -0.2) is 22.0 Å². The molecular weight excluding hydrogens is 375 g/mol. The first kappa shape index (κ1) is 20.0. The van der Waals surface area contributed by atoms with Crippen molar-refractivity contribution in [1.82, 2.24) is 0 Å². The van der Waals surface area contributed by atoms with Gasteiger partial charge >= 0.3 is 24.5 Å². The van der Waals surface area contributed by atoms with Crippen LogP contribution < -0.4 is 4.72 Å². The zero-order valence-corrected chi connectivity index (χ0v) is 12.1. The van der Waals surface area contributed by atoms with Crippen LogP contribution in [0.15, 0.2) is 18.2 Å². The van der Waals surface area contributed by atoms with Crippen molar-refractivity contribution in [3.63, 3.8) is 0 Å². The highest BCUT2D eigenvalue weighted by molar-refractivity contribution is 7.92. The lowest BCUT2D eigenvalue weighted by molar-refractivity contribution is -0.137. The van der Waals surface area contributed by atoms with Crippen LogP contribution in [0.5, 0.6) is 0 Å². The van der Waals surface area contributed by atoms with Gasteiger partial charge in [-0.15, -0.1) is 0 Å². The number of nitrogens with one attached hydrogen (secondary N) is 1. The van der Waals surface area contributed by atoms with Gasteiger partial charge in [0.2, 0.25) is 10.0 Å². The Morgan fingerprint density at radius 2 is 1.67 bits per heavy atom. The summed E-state index contributed by atoms with van der Waals surface area (Å²) >= 11 is 0. The molecule has 0 saturated carbocycles. The number of alkyl halides is 7. The van der Waals surface area contributed by atoms with E-state index in [0.29, 0.717) is 6.07 Å². The van der Waals surface area contributed by atoms with Gasteiger partial charge in [0.15, 0.2) is 0 Å². The Hall–Kier alpha value is -2.05. The fraction of sp³-hybridized carbons (Fsp3) is 0.364. The number of carboxylic acids is 1. The molecule has 1 aromatic carbocycles. The van der Waals surface area contributed by atoms with E-state index in [2.05, 4.69) is 0 Å². The van der Waals surface area contributed by atoms with Crippen molar-refractivity contribution in [2.75, 3.05) is 10.5 Å². The Balaban J connectivity index is 3.23. The minimum atomic E-state index is -5.18. The summed E-state index contributed by atoms with van der Waals surface area (Å²) in [5.41, 5.74) is -3.56. The zero-order chi connectivity index (χ0) is 18.9. The van der Waals surface area contributed by atoms with Gasteiger partial charge in [-0.3, -0.25) is 4.72 Å². The first-order valence-corrected chi connectivity index (χ1v) is 7.41. The fourth-order valence-corrected chi connectivity index (χ4v) is 2.69. The van der Waals surface area contributed by atoms with Crippen molar-refractivity contribution in [3.05, 3.63) is 29.3 Å². The predicted molar refractivity (Wildman–Crippen MR) is 66.8 cm³/mol. The minimum Gasteiger partial charge on any atom is -0.478 e. The summed E-state index contributed by atoms with van der Waals surface area (Å²) in [6, 6.07) is 0.758. The number of carboxylic acid groups (broad SMARTS) is 1. The Kier molecular flexibility index (Phi) is 5.38. The largest absolute Gasteiger partial charge is 0.478 e. The number of benzene rings is 1. The van der Waals surface area contributed by atoms with Crippen molar-refractivity contribution >= 4 is 21.7 Å². The highest BCUT2D eigenvalue weighted by Crippen LogP contribution is 2.33. The van der Waals surface area contributed by atoms with Crippen LogP contribution in [0, 0.1) is 0 Å². The molecule has 0 amide bonds. The van der Waals surface area contributed by atoms with Gasteiger partial charge in [-0.05, 0) is 18.2 Å². The molecule has 0 atom stereocenters. The van der Waals surface area contributed by atoms with Crippen LogP contribution in [0.2, 0.25) is 0 Å². The summed E-state index contributed by atoms with van der Waals surface area (Å²) in [4.78, 5) is 10.8. The summed E-state index contributed by atoms with van der Waals surface area (Å²) < 4.78 is 112. The van der Waals surface area contributed by atoms with E-state index in [1.54, 1.807) is 0 Å². The maximum atomic E-state index is 12.8. The first-order chi connectivity index (χ1) is 10.6. The molecular formula is C11H8F7NO4S. The lowest BCUT2D eigenvalue weighted by atomic mass is 10.1. The Bertz CT molecular complexity index is 730. The van der Waals surface area contributed by atoms with Crippen molar-refractivity contribution in [1.29, 1.82) is 0 Å². The maximum absolute atomic E-state index is 12.8. The first-order valence-electron chi connectivity index (χ1n) is 5.76. The van der Waals surface area contributed by atoms with Gasteiger partial charge < -0.3 is 5.11 Å². The molecule has 0 aliphatic carbocycles.